The number of sulfonamides is 1. The maximum atomic E-state index is 12.5. The van der Waals surface area contributed by atoms with Crippen LogP contribution in [0.15, 0.2) is 71.6 Å². The summed E-state index contributed by atoms with van der Waals surface area (Å²) in [5.74, 6) is -0.561. The van der Waals surface area contributed by atoms with E-state index in [1.54, 1.807) is 30.3 Å². The maximum Gasteiger partial charge on any atom is 0.241 e. The molecule has 0 spiro atoms. The minimum atomic E-state index is -3.82. The van der Waals surface area contributed by atoms with E-state index in [9.17, 15) is 13.2 Å². The van der Waals surface area contributed by atoms with Gasteiger partial charge >= 0.3 is 0 Å². The molecule has 26 heavy (non-hydrogen) atoms. The number of Topliss-reactive ketones (excluding diaryl/α,β-unsaturated/α-hetero) is 1. The fraction of sp³-hybridized carbons (Fsp3) is 0.0526. The Hall–Kier alpha value is -3.03. The summed E-state index contributed by atoms with van der Waals surface area (Å²) in [6.07, 6.45) is 0. The van der Waals surface area contributed by atoms with Crippen LogP contribution >= 0.6 is 0 Å². The third-order valence-corrected chi connectivity index (χ3v) is 5.35. The molecule has 0 unspecified atom stereocenters. The number of ketones is 1. The molecule has 132 valence electrons. The van der Waals surface area contributed by atoms with Crippen molar-refractivity contribution in [2.45, 2.75) is 4.90 Å². The van der Waals surface area contributed by atoms with E-state index in [1.165, 1.54) is 12.1 Å². The number of nitrogens with two attached hydrogens (primary N) is 1. The number of nitrogens with one attached hydrogen (secondary N) is 2. The molecule has 7 heteroatoms. The standard InChI is InChI=1S/C19H17N3O3S/c20-19(21)16-7-3-6-15(10-16)18(23)12-22-26(24,25)17-9-8-13-4-1-2-5-14(13)11-17/h1-11,22H,12H2,(H3,20,21). The number of hydrogen-bond acceptors (Lipinski definition) is 4. The zero-order valence-corrected chi connectivity index (χ0v) is 14.6. The lowest BCUT2D eigenvalue weighted by atomic mass is 10.1. The van der Waals surface area contributed by atoms with Crippen LogP contribution in [-0.2, 0) is 10.0 Å². The molecule has 0 saturated heterocycles. The second-order valence-electron chi connectivity index (χ2n) is 5.75. The summed E-state index contributed by atoms with van der Waals surface area (Å²) in [4.78, 5) is 12.4. The van der Waals surface area contributed by atoms with Crippen molar-refractivity contribution >= 4 is 32.4 Å². The van der Waals surface area contributed by atoms with E-state index in [2.05, 4.69) is 4.72 Å². The van der Waals surface area contributed by atoms with Gasteiger partial charge in [-0.05, 0) is 29.0 Å². The van der Waals surface area contributed by atoms with Gasteiger partial charge in [-0.1, -0.05) is 48.5 Å². The Bertz CT molecular complexity index is 1110. The number of amidine groups is 1. The van der Waals surface area contributed by atoms with Crippen LogP contribution in [0.25, 0.3) is 10.8 Å². The first-order valence-corrected chi connectivity index (χ1v) is 9.31. The van der Waals surface area contributed by atoms with Crippen molar-refractivity contribution < 1.29 is 13.2 Å². The molecule has 6 nitrogen and oxygen atoms in total. The average molecular weight is 367 g/mol. The number of nitrogen functional groups attached to an aromatic ring is 1. The zero-order valence-electron chi connectivity index (χ0n) is 13.8. The van der Waals surface area contributed by atoms with Gasteiger partial charge in [-0.15, -0.1) is 0 Å². The Balaban J connectivity index is 1.77. The Morgan fingerprint density at radius 1 is 0.923 bits per heavy atom. The number of rotatable bonds is 6. The van der Waals surface area contributed by atoms with Gasteiger partial charge in [0.15, 0.2) is 5.78 Å². The minimum absolute atomic E-state index is 0.0986. The number of hydrogen-bond donors (Lipinski definition) is 3. The molecule has 0 atom stereocenters. The normalized spacial score (nSPS) is 11.4. The van der Waals surface area contributed by atoms with Crippen molar-refractivity contribution in [3.8, 4) is 0 Å². The van der Waals surface area contributed by atoms with Gasteiger partial charge in [-0.25, -0.2) is 13.1 Å². The topological polar surface area (TPSA) is 113 Å². The van der Waals surface area contributed by atoms with E-state index < -0.39 is 15.8 Å². The van der Waals surface area contributed by atoms with Crippen molar-refractivity contribution in [2.24, 2.45) is 5.73 Å². The summed E-state index contributed by atoms with van der Waals surface area (Å²) in [6.45, 7) is -0.378. The Kier molecular flexibility index (Phi) is 4.83. The first-order valence-electron chi connectivity index (χ1n) is 7.83. The maximum absolute atomic E-state index is 12.5. The van der Waals surface area contributed by atoms with Gasteiger partial charge in [-0.3, -0.25) is 10.2 Å². The van der Waals surface area contributed by atoms with Crippen LogP contribution in [0.3, 0.4) is 0 Å². The van der Waals surface area contributed by atoms with E-state index in [4.69, 9.17) is 11.1 Å². The average Bonchev–Trinajstić information content (AvgIpc) is 2.65. The predicted octanol–water partition coefficient (Wildman–Crippen LogP) is 2.29. The van der Waals surface area contributed by atoms with Gasteiger partial charge in [0.2, 0.25) is 10.0 Å². The van der Waals surface area contributed by atoms with Crippen molar-refractivity contribution in [1.82, 2.24) is 4.72 Å². The van der Waals surface area contributed by atoms with Gasteiger partial charge in [0.1, 0.15) is 5.84 Å². The number of carbonyl (C=O) groups excluding carboxylic acids is 1. The Morgan fingerprint density at radius 3 is 2.35 bits per heavy atom. The summed E-state index contributed by atoms with van der Waals surface area (Å²) in [5.41, 5.74) is 6.11. The van der Waals surface area contributed by atoms with Gasteiger partial charge < -0.3 is 5.73 Å². The lowest BCUT2D eigenvalue weighted by Gasteiger charge is -2.08. The molecule has 3 aromatic rings. The molecular formula is C19H17N3O3S. The highest BCUT2D eigenvalue weighted by Crippen LogP contribution is 2.18. The number of carbonyl (C=O) groups is 1. The fourth-order valence-electron chi connectivity index (χ4n) is 2.54. The van der Waals surface area contributed by atoms with E-state index in [0.717, 1.165) is 10.8 Å². The summed E-state index contributed by atoms with van der Waals surface area (Å²) in [7, 11) is -3.82. The van der Waals surface area contributed by atoms with Crippen molar-refractivity contribution in [3.63, 3.8) is 0 Å². The molecule has 0 fully saturated rings. The molecule has 0 radical (unpaired) electrons. The molecule has 0 bridgehead atoms. The quantitative estimate of drug-likeness (QED) is 0.352. The SMILES string of the molecule is N=C(N)c1cccc(C(=O)CNS(=O)(=O)c2ccc3ccccc3c2)c1. The number of fused-ring (bicyclic) bond motifs is 1. The van der Waals surface area contributed by atoms with Crippen LogP contribution in [0.1, 0.15) is 15.9 Å². The van der Waals surface area contributed by atoms with E-state index >= 15 is 0 Å². The lowest BCUT2D eigenvalue weighted by Crippen LogP contribution is -2.29. The van der Waals surface area contributed by atoms with Gasteiger partial charge in [0, 0.05) is 11.1 Å². The van der Waals surface area contributed by atoms with Crippen LogP contribution < -0.4 is 10.5 Å². The smallest absolute Gasteiger partial charge is 0.241 e. The van der Waals surface area contributed by atoms with Crippen LogP contribution in [0.5, 0.6) is 0 Å². The molecule has 0 aliphatic rings. The second-order valence-corrected chi connectivity index (χ2v) is 7.52. The van der Waals surface area contributed by atoms with Gasteiger partial charge in [0.25, 0.3) is 0 Å². The molecule has 0 aliphatic heterocycles. The van der Waals surface area contributed by atoms with Crippen LogP contribution in [0.4, 0.5) is 0 Å². The van der Waals surface area contributed by atoms with E-state index in [1.807, 2.05) is 24.3 Å². The monoisotopic (exact) mass is 367 g/mol. The summed E-state index contributed by atoms with van der Waals surface area (Å²) in [5, 5.41) is 9.14. The Labute approximate surface area is 151 Å². The van der Waals surface area contributed by atoms with Crippen LogP contribution in [0, 0.1) is 5.41 Å². The zero-order chi connectivity index (χ0) is 18.7. The molecule has 4 N–H and O–H groups in total. The van der Waals surface area contributed by atoms with Gasteiger partial charge in [-0.2, -0.15) is 0 Å². The Morgan fingerprint density at radius 2 is 1.62 bits per heavy atom. The largest absolute Gasteiger partial charge is 0.384 e. The van der Waals surface area contributed by atoms with Crippen molar-refractivity contribution in [2.75, 3.05) is 6.54 Å². The summed E-state index contributed by atoms with van der Waals surface area (Å²) in [6, 6.07) is 18.5. The molecule has 0 aromatic heterocycles. The first kappa shape index (κ1) is 17.8. The third-order valence-electron chi connectivity index (χ3n) is 3.95. The molecule has 0 amide bonds. The fourth-order valence-corrected chi connectivity index (χ4v) is 3.56. The second kappa shape index (κ2) is 7.07. The highest BCUT2D eigenvalue weighted by molar-refractivity contribution is 7.89. The third kappa shape index (κ3) is 3.79. The number of benzene rings is 3. The highest BCUT2D eigenvalue weighted by Gasteiger charge is 2.17. The van der Waals surface area contributed by atoms with Gasteiger partial charge in [0.05, 0.1) is 11.4 Å². The van der Waals surface area contributed by atoms with E-state index in [-0.39, 0.29) is 17.3 Å². The van der Waals surface area contributed by atoms with Crippen LogP contribution in [0.2, 0.25) is 0 Å². The minimum Gasteiger partial charge on any atom is -0.384 e. The summed E-state index contributed by atoms with van der Waals surface area (Å²) >= 11 is 0. The molecule has 0 aliphatic carbocycles. The van der Waals surface area contributed by atoms with E-state index in [0.29, 0.717) is 11.1 Å². The lowest BCUT2D eigenvalue weighted by molar-refractivity contribution is 0.0997. The predicted molar refractivity (Wildman–Crippen MR) is 101 cm³/mol. The summed E-state index contributed by atoms with van der Waals surface area (Å²) < 4.78 is 27.3. The van der Waals surface area contributed by atoms with Crippen molar-refractivity contribution in [3.05, 3.63) is 77.9 Å². The molecular weight excluding hydrogens is 350 g/mol. The van der Waals surface area contributed by atoms with Crippen molar-refractivity contribution in [1.29, 1.82) is 5.41 Å². The molecule has 0 heterocycles. The first-order chi connectivity index (χ1) is 12.4. The van der Waals surface area contributed by atoms with Crippen LogP contribution in [-0.4, -0.2) is 26.6 Å². The molecule has 3 rings (SSSR count). The highest BCUT2D eigenvalue weighted by atomic mass is 32.2. The molecule has 3 aromatic carbocycles. The molecule has 0 saturated carbocycles.